The molecular weight excluding hydrogens is 501 g/mol. The first-order valence-electron chi connectivity index (χ1n) is 11.6. The Labute approximate surface area is 219 Å². The van der Waals surface area contributed by atoms with Crippen LogP contribution in [0.4, 0.5) is 10.1 Å². The van der Waals surface area contributed by atoms with Crippen LogP contribution in [0.15, 0.2) is 48.5 Å². The first-order valence-corrected chi connectivity index (χ1v) is 12.0. The fraction of sp³-hybridized carbons (Fsp3) is 0.296. The summed E-state index contributed by atoms with van der Waals surface area (Å²) < 4.78 is 24.5. The molecule has 2 aromatic carbocycles. The summed E-state index contributed by atoms with van der Waals surface area (Å²) in [4.78, 5) is 31.2. The number of hydrogen-bond donors (Lipinski definition) is 2. The lowest BCUT2D eigenvalue weighted by molar-refractivity contribution is -0.117. The van der Waals surface area contributed by atoms with Gasteiger partial charge >= 0.3 is 0 Å². The van der Waals surface area contributed by atoms with E-state index in [4.69, 9.17) is 21.1 Å². The smallest absolute Gasteiger partial charge is 0.251 e. The number of halogens is 2. The largest absolute Gasteiger partial charge is 0.495 e. The predicted molar refractivity (Wildman–Crippen MR) is 138 cm³/mol. The van der Waals surface area contributed by atoms with Crippen molar-refractivity contribution < 1.29 is 28.6 Å². The molecule has 2 amide bonds. The van der Waals surface area contributed by atoms with Gasteiger partial charge in [-0.25, -0.2) is 9.37 Å². The van der Waals surface area contributed by atoms with Crippen molar-refractivity contribution in [1.82, 2.24) is 10.3 Å². The number of anilines is 1. The molecule has 0 aliphatic carbocycles. The minimum Gasteiger partial charge on any atom is -0.495 e. The second-order valence-corrected chi connectivity index (χ2v) is 9.28. The number of hydrogen-bond acceptors (Lipinski definition) is 6. The van der Waals surface area contributed by atoms with Gasteiger partial charge < -0.3 is 24.8 Å². The van der Waals surface area contributed by atoms with E-state index in [1.165, 1.54) is 39.3 Å². The van der Waals surface area contributed by atoms with E-state index in [0.717, 1.165) is 6.42 Å². The van der Waals surface area contributed by atoms with Crippen molar-refractivity contribution in [2.24, 2.45) is 0 Å². The van der Waals surface area contributed by atoms with E-state index in [-0.39, 0.29) is 23.2 Å². The zero-order valence-electron chi connectivity index (χ0n) is 20.7. The molecule has 1 saturated heterocycles. The van der Waals surface area contributed by atoms with Crippen molar-refractivity contribution in [2.45, 2.75) is 25.4 Å². The van der Waals surface area contributed by atoms with Crippen LogP contribution in [0.1, 0.15) is 35.8 Å². The molecule has 1 aliphatic rings. The molecule has 1 atom stereocenters. The summed E-state index contributed by atoms with van der Waals surface area (Å²) in [6.45, 7) is 1.97. The van der Waals surface area contributed by atoms with E-state index in [9.17, 15) is 19.1 Å². The Balaban J connectivity index is 1.53. The molecule has 1 unspecified atom stereocenters. The predicted octanol–water partition coefficient (Wildman–Crippen LogP) is 4.32. The van der Waals surface area contributed by atoms with Gasteiger partial charge in [0.05, 0.1) is 37.2 Å². The van der Waals surface area contributed by atoms with E-state index < -0.39 is 17.3 Å². The van der Waals surface area contributed by atoms with Crippen molar-refractivity contribution in [2.75, 3.05) is 32.2 Å². The number of rotatable bonds is 8. The minimum atomic E-state index is -1.55. The number of pyridine rings is 1. The number of carbonyl (C=O) groups excluding carboxylic acids is 2. The summed E-state index contributed by atoms with van der Waals surface area (Å²) in [5, 5.41) is 13.8. The second-order valence-electron chi connectivity index (χ2n) is 8.87. The Morgan fingerprint density at radius 1 is 1.16 bits per heavy atom. The molecule has 0 radical (unpaired) electrons. The van der Waals surface area contributed by atoms with Crippen LogP contribution in [0.25, 0.3) is 11.3 Å². The number of nitrogens with zero attached hydrogens (tertiary/aromatic N) is 2. The molecule has 10 heteroatoms. The Bertz CT molecular complexity index is 1350. The second kappa shape index (κ2) is 10.7. The summed E-state index contributed by atoms with van der Waals surface area (Å²) in [5.41, 5.74) is 0.521. The number of ether oxygens (including phenoxy) is 2. The molecule has 8 nitrogen and oxygen atoms in total. The van der Waals surface area contributed by atoms with Gasteiger partial charge in [-0.15, -0.1) is 0 Å². The van der Waals surface area contributed by atoms with Crippen LogP contribution < -0.4 is 19.7 Å². The third-order valence-corrected chi connectivity index (χ3v) is 6.51. The average Bonchev–Trinajstić information content (AvgIpc) is 3.33. The molecule has 2 N–H and O–H groups in total. The Hall–Kier alpha value is -3.69. The highest BCUT2D eigenvalue weighted by atomic mass is 35.5. The number of methoxy groups -OCH3 is 2. The molecule has 0 bridgehead atoms. The number of nitrogens with one attached hydrogen (secondary N) is 1. The molecule has 0 spiro atoms. The normalized spacial score (nSPS) is 14.9. The van der Waals surface area contributed by atoms with Crippen LogP contribution in [-0.2, 0) is 10.4 Å². The third kappa shape index (κ3) is 5.52. The van der Waals surface area contributed by atoms with E-state index in [0.29, 0.717) is 47.0 Å². The van der Waals surface area contributed by atoms with Gasteiger partial charge in [0.1, 0.15) is 28.6 Å². The highest BCUT2D eigenvalue weighted by molar-refractivity contribution is 6.31. The molecule has 3 aromatic rings. The van der Waals surface area contributed by atoms with E-state index in [1.54, 1.807) is 35.2 Å². The number of aliphatic hydroxyl groups is 1. The minimum absolute atomic E-state index is 0.0146. The molecule has 1 aromatic heterocycles. The van der Waals surface area contributed by atoms with Crippen molar-refractivity contribution in [3.8, 4) is 22.8 Å². The van der Waals surface area contributed by atoms with Gasteiger partial charge in [-0.2, -0.15) is 0 Å². The quantitative estimate of drug-likeness (QED) is 0.452. The lowest BCUT2D eigenvalue weighted by atomic mass is 9.99. The maximum atomic E-state index is 13.7. The molecule has 2 heterocycles. The maximum Gasteiger partial charge on any atom is 0.251 e. The molecule has 4 rings (SSSR count). The fourth-order valence-electron chi connectivity index (χ4n) is 4.15. The lowest BCUT2D eigenvalue weighted by Crippen LogP contribution is -2.39. The van der Waals surface area contributed by atoms with Crippen molar-refractivity contribution in [3.05, 3.63) is 70.6 Å². The molecule has 0 saturated carbocycles. The van der Waals surface area contributed by atoms with Gasteiger partial charge in [-0.05, 0) is 61.9 Å². The fourth-order valence-corrected chi connectivity index (χ4v) is 4.33. The maximum absolute atomic E-state index is 13.7. The van der Waals surface area contributed by atoms with Crippen LogP contribution >= 0.6 is 11.6 Å². The highest BCUT2D eigenvalue weighted by Gasteiger charge is 2.28. The average molecular weight is 528 g/mol. The first-order chi connectivity index (χ1) is 17.6. The van der Waals surface area contributed by atoms with Gasteiger partial charge in [0, 0.05) is 24.1 Å². The summed E-state index contributed by atoms with van der Waals surface area (Å²) in [6, 6.07) is 12.2. The van der Waals surface area contributed by atoms with Crippen LogP contribution in [-0.4, -0.2) is 49.2 Å². The van der Waals surface area contributed by atoms with Crippen molar-refractivity contribution >= 4 is 29.1 Å². The Morgan fingerprint density at radius 3 is 2.57 bits per heavy atom. The Kier molecular flexibility index (Phi) is 7.65. The number of aromatic nitrogens is 1. The number of carbonyl (C=O) groups is 2. The van der Waals surface area contributed by atoms with E-state index >= 15 is 0 Å². The van der Waals surface area contributed by atoms with Crippen LogP contribution in [0.5, 0.6) is 11.5 Å². The summed E-state index contributed by atoms with van der Waals surface area (Å²) in [5.74, 6) is -0.159. The zero-order chi connectivity index (χ0) is 26.7. The highest BCUT2D eigenvalue weighted by Crippen LogP contribution is 2.34. The Morgan fingerprint density at radius 2 is 1.92 bits per heavy atom. The molecule has 1 fully saturated rings. The third-order valence-electron chi connectivity index (χ3n) is 6.22. The van der Waals surface area contributed by atoms with E-state index in [1.807, 2.05) is 0 Å². The standard InChI is InChI=1S/C27H27ClFN3O5/c1-27(35,23-11-10-21(36-2)25(31-23)16-6-8-19(29)18(28)13-16)15-30-26(34)17-7-9-20(22(14-17)37-3)32-12-4-5-24(32)33/h6-11,13-14,35H,4-5,12,15H2,1-3H3,(H,30,34). The van der Waals surface area contributed by atoms with Gasteiger partial charge in [0.25, 0.3) is 5.91 Å². The lowest BCUT2D eigenvalue weighted by Gasteiger charge is -2.24. The number of amides is 2. The summed E-state index contributed by atoms with van der Waals surface area (Å²) in [6.07, 6.45) is 1.25. The van der Waals surface area contributed by atoms with Crippen LogP contribution in [0.2, 0.25) is 5.02 Å². The van der Waals surface area contributed by atoms with Crippen molar-refractivity contribution in [1.29, 1.82) is 0 Å². The monoisotopic (exact) mass is 527 g/mol. The summed E-state index contributed by atoms with van der Waals surface area (Å²) in [7, 11) is 2.95. The van der Waals surface area contributed by atoms with Crippen LogP contribution in [0.3, 0.4) is 0 Å². The molecule has 1 aliphatic heterocycles. The topological polar surface area (TPSA) is 101 Å². The SMILES string of the molecule is COc1cc(C(=O)NCC(C)(O)c2ccc(OC)c(-c3ccc(F)c(Cl)c3)n2)ccc1N1CCCC1=O. The first kappa shape index (κ1) is 26.4. The van der Waals surface area contributed by atoms with Gasteiger partial charge in [-0.3, -0.25) is 9.59 Å². The van der Waals surface area contributed by atoms with Crippen LogP contribution in [0, 0.1) is 5.82 Å². The molecule has 194 valence electrons. The van der Waals surface area contributed by atoms with E-state index in [2.05, 4.69) is 10.3 Å². The molecular formula is C27H27ClFN3O5. The van der Waals surface area contributed by atoms with Gasteiger partial charge in [0.2, 0.25) is 5.91 Å². The summed E-state index contributed by atoms with van der Waals surface area (Å²) >= 11 is 5.94. The number of benzene rings is 2. The van der Waals surface area contributed by atoms with Gasteiger partial charge in [0.15, 0.2) is 0 Å². The zero-order valence-corrected chi connectivity index (χ0v) is 21.4. The van der Waals surface area contributed by atoms with Gasteiger partial charge in [-0.1, -0.05) is 11.6 Å². The van der Waals surface area contributed by atoms with Crippen molar-refractivity contribution in [3.63, 3.8) is 0 Å². The molecule has 37 heavy (non-hydrogen) atoms.